The van der Waals surface area contributed by atoms with Crippen molar-refractivity contribution in [3.63, 3.8) is 0 Å². The quantitative estimate of drug-likeness (QED) is 0.857. The van der Waals surface area contributed by atoms with Crippen LogP contribution in [0.25, 0.3) is 0 Å². The van der Waals surface area contributed by atoms with E-state index >= 15 is 0 Å². The number of carbonyl (C=O) groups is 1. The Balaban J connectivity index is 1.90. The van der Waals surface area contributed by atoms with Crippen molar-refractivity contribution in [1.82, 2.24) is 15.1 Å². The molecular formula is C17H28N4O2. The summed E-state index contributed by atoms with van der Waals surface area (Å²) in [6, 6.07) is 3.95. The van der Waals surface area contributed by atoms with Gasteiger partial charge in [-0.1, -0.05) is 0 Å². The number of likely N-dealkylation sites (tertiary alicyclic amines) is 1. The first-order valence-electron chi connectivity index (χ1n) is 8.24. The van der Waals surface area contributed by atoms with Crippen LogP contribution in [-0.4, -0.2) is 53.5 Å². The molecule has 2 heterocycles. The summed E-state index contributed by atoms with van der Waals surface area (Å²) in [5.74, 6) is 1.29. The summed E-state index contributed by atoms with van der Waals surface area (Å²) in [5.41, 5.74) is 0.467. The molecule has 1 saturated heterocycles. The Morgan fingerprint density at radius 2 is 2.13 bits per heavy atom. The molecule has 1 amide bonds. The van der Waals surface area contributed by atoms with E-state index in [2.05, 4.69) is 15.1 Å². The first-order valence-corrected chi connectivity index (χ1v) is 8.24. The van der Waals surface area contributed by atoms with Crippen LogP contribution in [0, 0.1) is 12.8 Å². The molecule has 2 rings (SSSR count). The van der Waals surface area contributed by atoms with Gasteiger partial charge >= 0.3 is 6.09 Å². The molecule has 1 fully saturated rings. The summed E-state index contributed by atoms with van der Waals surface area (Å²) in [4.78, 5) is 16.2. The van der Waals surface area contributed by atoms with E-state index in [9.17, 15) is 4.79 Å². The minimum absolute atomic E-state index is 0.208. The maximum absolute atomic E-state index is 12.2. The van der Waals surface area contributed by atoms with E-state index in [4.69, 9.17) is 4.74 Å². The van der Waals surface area contributed by atoms with Crippen molar-refractivity contribution in [3.05, 3.63) is 17.8 Å². The number of piperidine rings is 1. The molecule has 1 atom stereocenters. The fourth-order valence-corrected chi connectivity index (χ4v) is 2.78. The Bertz CT molecular complexity index is 524. The van der Waals surface area contributed by atoms with E-state index in [1.807, 2.05) is 51.8 Å². The van der Waals surface area contributed by atoms with Crippen LogP contribution in [0.15, 0.2) is 12.1 Å². The number of hydrogen-bond donors (Lipinski definition) is 0. The van der Waals surface area contributed by atoms with Crippen LogP contribution in [-0.2, 0) is 4.74 Å². The van der Waals surface area contributed by atoms with Crippen LogP contribution in [0.5, 0.6) is 0 Å². The highest BCUT2D eigenvalue weighted by atomic mass is 16.6. The number of ether oxygens (including phenoxy) is 1. The van der Waals surface area contributed by atoms with E-state index in [1.54, 1.807) is 0 Å². The summed E-state index contributed by atoms with van der Waals surface area (Å²) in [5, 5.41) is 8.32. The maximum Gasteiger partial charge on any atom is 0.410 e. The monoisotopic (exact) mass is 320 g/mol. The van der Waals surface area contributed by atoms with E-state index in [-0.39, 0.29) is 6.09 Å². The highest BCUT2D eigenvalue weighted by molar-refractivity contribution is 5.68. The van der Waals surface area contributed by atoms with Crippen molar-refractivity contribution in [2.75, 3.05) is 31.6 Å². The number of nitrogens with zero attached hydrogens (tertiary/aromatic N) is 4. The standard InChI is InChI=1S/C17H28N4O2/c1-13-8-9-15(19-18-13)20(5)11-14-7-6-10-21(12-14)16(22)23-17(2,3)4/h8-9,14H,6-7,10-12H2,1-5H3/t14-/m1/s1. The summed E-state index contributed by atoms with van der Waals surface area (Å²) < 4.78 is 5.48. The van der Waals surface area contributed by atoms with Crippen LogP contribution in [0.4, 0.5) is 10.6 Å². The van der Waals surface area contributed by atoms with Crippen LogP contribution < -0.4 is 4.90 Å². The van der Waals surface area contributed by atoms with E-state index in [1.165, 1.54) is 0 Å². The molecule has 23 heavy (non-hydrogen) atoms. The average Bonchev–Trinajstić information content (AvgIpc) is 2.46. The van der Waals surface area contributed by atoms with Gasteiger partial charge in [0, 0.05) is 26.7 Å². The minimum Gasteiger partial charge on any atom is -0.444 e. The van der Waals surface area contributed by atoms with Crippen LogP contribution in [0.3, 0.4) is 0 Å². The van der Waals surface area contributed by atoms with Gasteiger partial charge < -0.3 is 14.5 Å². The minimum atomic E-state index is -0.446. The summed E-state index contributed by atoms with van der Waals surface area (Å²) in [7, 11) is 2.02. The predicted octanol–water partition coefficient (Wildman–Crippen LogP) is 2.87. The molecule has 1 aliphatic rings. The second-order valence-electron chi connectivity index (χ2n) is 7.35. The first-order chi connectivity index (χ1) is 10.7. The lowest BCUT2D eigenvalue weighted by Crippen LogP contribution is -2.45. The lowest BCUT2D eigenvalue weighted by molar-refractivity contribution is 0.0170. The zero-order chi connectivity index (χ0) is 17.0. The lowest BCUT2D eigenvalue weighted by atomic mass is 9.98. The Morgan fingerprint density at radius 3 is 2.74 bits per heavy atom. The Kier molecular flexibility index (Phi) is 5.44. The molecule has 1 aliphatic heterocycles. The van der Waals surface area contributed by atoms with Crippen LogP contribution >= 0.6 is 0 Å². The maximum atomic E-state index is 12.2. The van der Waals surface area contributed by atoms with E-state index in [0.29, 0.717) is 5.92 Å². The lowest BCUT2D eigenvalue weighted by Gasteiger charge is -2.35. The number of anilines is 1. The number of amides is 1. The Labute approximate surface area is 138 Å². The van der Waals surface area contributed by atoms with E-state index in [0.717, 1.165) is 44.0 Å². The summed E-state index contributed by atoms with van der Waals surface area (Å²) in [6.07, 6.45) is 1.92. The van der Waals surface area contributed by atoms with Gasteiger partial charge in [-0.3, -0.25) is 0 Å². The number of aromatic nitrogens is 2. The average molecular weight is 320 g/mol. The van der Waals surface area contributed by atoms with Crippen LogP contribution in [0.2, 0.25) is 0 Å². The molecule has 128 valence electrons. The normalized spacial score (nSPS) is 18.7. The molecule has 0 spiro atoms. The molecule has 0 N–H and O–H groups in total. The van der Waals surface area contributed by atoms with Crippen molar-refractivity contribution in [3.8, 4) is 0 Å². The van der Waals surface area contributed by atoms with Crippen molar-refractivity contribution in [2.45, 2.75) is 46.1 Å². The van der Waals surface area contributed by atoms with Gasteiger partial charge in [-0.15, -0.1) is 5.10 Å². The van der Waals surface area contributed by atoms with Gasteiger partial charge in [0.25, 0.3) is 0 Å². The SMILES string of the molecule is Cc1ccc(N(C)C[C@H]2CCCN(C(=O)OC(C)(C)C)C2)nn1. The molecule has 0 saturated carbocycles. The van der Waals surface area contributed by atoms with Crippen molar-refractivity contribution in [2.24, 2.45) is 5.92 Å². The molecule has 0 unspecified atom stereocenters. The van der Waals surface area contributed by atoms with Gasteiger partial charge in [0.15, 0.2) is 5.82 Å². The smallest absolute Gasteiger partial charge is 0.410 e. The Morgan fingerprint density at radius 1 is 1.39 bits per heavy atom. The fourth-order valence-electron chi connectivity index (χ4n) is 2.78. The molecule has 0 aliphatic carbocycles. The van der Waals surface area contributed by atoms with Gasteiger partial charge in [-0.25, -0.2) is 4.79 Å². The Hall–Kier alpha value is -1.85. The molecule has 0 bridgehead atoms. The third kappa shape index (κ3) is 5.37. The van der Waals surface area contributed by atoms with Crippen molar-refractivity contribution in [1.29, 1.82) is 0 Å². The predicted molar refractivity (Wildman–Crippen MR) is 90.6 cm³/mol. The topological polar surface area (TPSA) is 58.6 Å². The first kappa shape index (κ1) is 17.5. The second kappa shape index (κ2) is 7.15. The molecule has 0 aromatic carbocycles. The van der Waals surface area contributed by atoms with Crippen LogP contribution in [0.1, 0.15) is 39.3 Å². The molecule has 1 aromatic heterocycles. The van der Waals surface area contributed by atoms with E-state index < -0.39 is 5.60 Å². The zero-order valence-electron chi connectivity index (χ0n) is 14.9. The van der Waals surface area contributed by atoms with Gasteiger partial charge in [0.1, 0.15) is 5.60 Å². The van der Waals surface area contributed by atoms with Crippen molar-refractivity contribution >= 4 is 11.9 Å². The fraction of sp³-hybridized carbons (Fsp3) is 0.706. The summed E-state index contributed by atoms with van der Waals surface area (Å²) in [6.45, 7) is 9.99. The molecule has 1 aromatic rings. The molecule has 6 heteroatoms. The van der Waals surface area contributed by atoms with Crippen molar-refractivity contribution < 1.29 is 9.53 Å². The molecular weight excluding hydrogens is 292 g/mol. The van der Waals surface area contributed by atoms with Gasteiger partial charge in [0.05, 0.1) is 5.69 Å². The number of hydrogen-bond acceptors (Lipinski definition) is 5. The molecule has 0 radical (unpaired) electrons. The number of aryl methyl sites for hydroxylation is 1. The highest BCUT2D eigenvalue weighted by Crippen LogP contribution is 2.21. The van der Waals surface area contributed by atoms with Gasteiger partial charge in [0.2, 0.25) is 0 Å². The van der Waals surface area contributed by atoms with Gasteiger partial charge in [-0.05, 0) is 58.6 Å². The number of rotatable bonds is 3. The third-order valence-corrected chi connectivity index (χ3v) is 3.88. The third-order valence-electron chi connectivity index (χ3n) is 3.88. The highest BCUT2D eigenvalue weighted by Gasteiger charge is 2.28. The zero-order valence-corrected chi connectivity index (χ0v) is 14.9. The number of carbonyl (C=O) groups excluding carboxylic acids is 1. The van der Waals surface area contributed by atoms with Gasteiger partial charge in [-0.2, -0.15) is 5.10 Å². The second-order valence-corrected chi connectivity index (χ2v) is 7.35. The molecule has 6 nitrogen and oxygen atoms in total. The largest absolute Gasteiger partial charge is 0.444 e. The summed E-state index contributed by atoms with van der Waals surface area (Å²) >= 11 is 0.